The van der Waals surface area contributed by atoms with Crippen molar-refractivity contribution in [2.75, 3.05) is 31.1 Å². The van der Waals surface area contributed by atoms with Crippen molar-refractivity contribution in [3.05, 3.63) is 28.8 Å². The monoisotopic (exact) mass is 387 g/mol. The minimum absolute atomic E-state index is 0.0174. The van der Waals surface area contributed by atoms with Gasteiger partial charge in [0.2, 0.25) is 5.91 Å². The number of carbonyl (C=O) groups excluding carboxylic acids is 1. The number of halogens is 2. The van der Waals surface area contributed by atoms with Crippen molar-refractivity contribution in [2.45, 2.75) is 24.7 Å². The van der Waals surface area contributed by atoms with E-state index in [2.05, 4.69) is 16.3 Å². The highest BCUT2D eigenvalue weighted by Crippen LogP contribution is 2.47. The zero-order chi connectivity index (χ0) is 19.1. The van der Waals surface area contributed by atoms with Crippen LogP contribution in [0.15, 0.2) is 18.2 Å². The van der Waals surface area contributed by atoms with Gasteiger partial charge >= 0.3 is 0 Å². The highest BCUT2D eigenvalue weighted by Gasteiger charge is 2.55. The number of fused-ring (bicyclic) bond motifs is 1. The number of alkyl halides is 1. The molecule has 3 aliphatic rings. The molecular formula is C19H19ClFN5O. The molecule has 4 rings (SSSR count). The van der Waals surface area contributed by atoms with Gasteiger partial charge in [-0.3, -0.25) is 4.79 Å². The summed E-state index contributed by atoms with van der Waals surface area (Å²) in [6, 6.07) is 9.15. The van der Waals surface area contributed by atoms with Gasteiger partial charge in [-0.1, -0.05) is 11.6 Å². The van der Waals surface area contributed by atoms with Crippen LogP contribution in [0.2, 0.25) is 5.02 Å². The summed E-state index contributed by atoms with van der Waals surface area (Å²) in [6.45, 7) is 1.90. The first-order valence-corrected chi connectivity index (χ1v) is 9.40. The lowest BCUT2D eigenvalue weighted by Gasteiger charge is -2.23. The van der Waals surface area contributed by atoms with Gasteiger partial charge in [-0.25, -0.2) is 4.39 Å². The summed E-state index contributed by atoms with van der Waals surface area (Å²) < 4.78 is 13.5. The standard InChI is InChI=1S/C19H19ClFN5O/c20-17-4-13(2-1-11(17)5-22)25-9-15-16(10-25)19(15)24-7-18(27)26-8-12(21)3-14(26)6-23/h1-2,4,12,14-16,19,24H,3,7-10H2/t12-,14-,15-,16+,19?/m0/s1. The molecule has 27 heavy (non-hydrogen) atoms. The Morgan fingerprint density at radius 3 is 2.67 bits per heavy atom. The van der Waals surface area contributed by atoms with Gasteiger partial charge in [0.1, 0.15) is 18.3 Å². The van der Waals surface area contributed by atoms with Gasteiger partial charge in [0.15, 0.2) is 0 Å². The third-order valence-corrected chi connectivity index (χ3v) is 6.15. The number of benzene rings is 1. The van der Waals surface area contributed by atoms with Crippen LogP contribution in [0.1, 0.15) is 12.0 Å². The summed E-state index contributed by atoms with van der Waals surface area (Å²) in [5, 5.41) is 21.7. The van der Waals surface area contributed by atoms with Crippen LogP contribution in [0.3, 0.4) is 0 Å². The molecule has 2 aliphatic heterocycles. The molecule has 1 aromatic rings. The number of nitrogens with zero attached hydrogens (tertiary/aromatic N) is 4. The first-order valence-electron chi connectivity index (χ1n) is 9.03. The molecule has 0 aromatic heterocycles. The van der Waals surface area contributed by atoms with Crippen LogP contribution >= 0.6 is 11.6 Å². The SMILES string of the molecule is N#Cc1ccc(N2C[C@@H]3C(NCC(=O)N4C[C@@H](F)C[C@H]4C#N)[C@@H]3C2)cc1Cl. The first-order chi connectivity index (χ1) is 13.0. The fourth-order valence-corrected chi connectivity index (χ4v) is 4.54. The molecule has 140 valence electrons. The smallest absolute Gasteiger partial charge is 0.237 e. The zero-order valence-corrected chi connectivity index (χ0v) is 15.4. The summed E-state index contributed by atoms with van der Waals surface area (Å²) in [7, 11) is 0. The largest absolute Gasteiger partial charge is 0.371 e. The van der Waals surface area contributed by atoms with E-state index in [0.717, 1.165) is 18.8 Å². The Kier molecular flexibility index (Phi) is 4.67. The van der Waals surface area contributed by atoms with E-state index in [1.807, 2.05) is 18.2 Å². The quantitative estimate of drug-likeness (QED) is 0.850. The number of nitriles is 2. The molecule has 1 amide bonds. The molecule has 2 saturated heterocycles. The Morgan fingerprint density at radius 2 is 2.04 bits per heavy atom. The van der Waals surface area contributed by atoms with Crippen LogP contribution in [0.4, 0.5) is 10.1 Å². The van der Waals surface area contributed by atoms with Crippen molar-refractivity contribution in [3.8, 4) is 12.1 Å². The molecular weight excluding hydrogens is 369 g/mol. The lowest BCUT2D eigenvalue weighted by Crippen LogP contribution is -2.42. The lowest BCUT2D eigenvalue weighted by atomic mass is 10.2. The average molecular weight is 388 g/mol. The summed E-state index contributed by atoms with van der Waals surface area (Å²) in [5.41, 5.74) is 1.47. The maximum Gasteiger partial charge on any atom is 0.237 e. The molecule has 1 aromatic carbocycles. The second kappa shape index (κ2) is 6.99. The van der Waals surface area contributed by atoms with Gasteiger partial charge < -0.3 is 15.1 Å². The molecule has 0 radical (unpaired) electrons. The Morgan fingerprint density at radius 1 is 1.30 bits per heavy atom. The number of hydrogen-bond acceptors (Lipinski definition) is 5. The van der Waals surface area contributed by atoms with Gasteiger partial charge in [-0.2, -0.15) is 10.5 Å². The van der Waals surface area contributed by atoms with E-state index in [0.29, 0.717) is 22.4 Å². The molecule has 6 nitrogen and oxygen atoms in total. The van der Waals surface area contributed by atoms with E-state index in [1.165, 1.54) is 4.90 Å². The number of likely N-dealkylation sites (tertiary alicyclic amines) is 1. The summed E-state index contributed by atoms with van der Waals surface area (Å²) in [5.74, 6) is 0.723. The van der Waals surface area contributed by atoms with Crippen molar-refractivity contribution in [2.24, 2.45) is 11.8 Å². The summed E-state index contributed by atoms with van der Waals surface area (Å²) in [6.07, 6.45) is -0.995. The molecule has 1 saturated carbocycles. The Balaban J connectivity index is 1.27. The van der Waals surface area contributed by atoms with Gasteiger partial charge in [0, 0.05) is 31.2 Å². The van der Waals surface area contributed by atoms with Crippen LogP contribution in [0.5, 0.6) is 0 Å². The van der Waals surface area contributed by atoms with E-state index < -0.39 is 12.2 Å². The minimum Gasteiger partial charge on any atom is -0.371 e. The molecule has 1 unspecified atom stereocenters. The number of amides is 1. The second-order valence-corrected chi connectivity index (χ2v) is 7.85. The number of hydrogen-bond donors (Lipinski definition) is 1. The third-order valence-electron chi connectivity index (χ3n) is 5.84. The molecule has 3 fully saturated rings. The van der Waals surface area contributed by atoms with E-state index in [-0.39, 0.29) is 31.5 Å². The Labute approximate surface area is 162 Å². The van der Waals surface area contributed by atoms with E-state index in [4.69, 9.17) is 22.1 Å². The molecule has 2 heterocycles. The number of piperidine rings is 1. The average Bonchev–Trinajstić information content (AvgIpc) is 3.00. The molecule has 5 atom stereocenters. The summed E-state index contributed by atoms with van der Waals surface area (Å²) >= 11 is 6.11. The summed E-state index contributed by atoms with van der Waals surface area (Å²) in [4.78, 5) is 15.9. The Hall–Kier alpha value is -2.35. The fraction of sp³-hybridized carbons (Fsp3) is 0.526. The predicted molar refractivity (Wildman–Crippen MR) is 97.8 cm³/mol. The van der Waals surface area contributed by atoms with Crippen LogP contribution in [0, 0.1) is 34.5 Å². The third kappa shape index (κ3) is 3.34. The number of anilines is 1. The van der Waals surface area contributed by atoms with Crippen molar-refractivity contribution < 1.29 is 9.18 Å². The Bertz CT molecular complexity index is 837. The predicted octanol–water partition coefficient (Wildman–Crippen LogP) is 1.70. The zero-order valence-electron chi connectivity index (χ0n) is 14.6. The number of nitrogens with one attached hydrogen (secondary N) is 1. The van der Waals surface area contributed by atoms with Crippen LogP contribution in [-0.2, 0) is 4.79 Å². The van der Waals surface area contributed by atoms with Crippen LogP contribution < -0.4 is 10.2 Å². The van der Waals surface area contributed by atoms with E-state index >= 15 is 0 Å². The van der Waals surface area contributed by atoms with Crippen molar-refractivity contribution >= 4 is 23.2 Å². The highest BCUT2D eigenvalue weighted by molar-refractivity contribution is 6.32. The number of carbonyl (C=O) groups is 1. The molecule has 1 N–H and O–H groups in total. The normalized spacial score (nSPS) is 31.3. The van der Waals surface area contributed by atoms with Crippen molar-refractivity contribution in [3.63, 3.8) is 0 Å². The maximum atomic E-state index is 13.5. The van der Waals surface area contributed by atoms with Gasteiger partial charge in [0.05, 0.1) is 29.7 Å². The topological polar surface area (TPSA) is 83.2 Å². The van der Waals surface area contributed by atoms with Gasteiger partial charge in [0.25, 0.3) is 0 Å². The fourth-order valence-electron chi connectivity index (χ4n) is 4.32. The minimum atomic E-state index is -1.10. The molecule has 1 aliphatic carbocycles. The molecule has 8 heteroatoms. The van der Waals surface area contributed by atoms with E-state index in [1.54, 1.807) is 6.07 Å². The lowest BCUT2D eigenvalue weighted by molar-refractivity contribution is -0.130. The highest BCUT2D eigenvalue weighted by atomic mass is 35.5. The molecule has 0 spiro atoms. The van der Waals surface area contributed by atoms with Crippen molar-refractivity contribution in [1.29, 1.82) is 10.5 Å². The first kappa shape index (κ1) is 18.0. The second-order valence-electron chi connectivity index (χ2n) is 7.44. The molecule has 0 bridgehead atoms. The van der Waals surface area contributed by atoms with Gasteiger partial charge in [-0.15, -0.1) is 0 Å². The van der Waals surface area contributed by atoms with Gasteiger partial charge in [-0.05, 0) is 30.0 Å². The maximum absolute atomic E-state index is 13.5. The van der Waals surface area contributed by atoms with E-state index in [9.17, 15) is 9.18 Å². The van der Waals surface area contributed by atoms with Crippen LogP contribution in [-0.4, -0.2) is 55.2 Å². The number of rotatable bonds is 4. The van der Waals surface area contributed by atoms with Crippen LogP contribution in [0.25, 0.3) is 0 Å². The van der Waals surface area contributed by atoms with Crippen molar-refractivity contribution in [1.82, 2.24) is 10.2 Å².